The van der Waals surface area contributed by atoms with Crippen molar-refractivity contribution in [2.45, 2.75) is 13.2 Å². The Hall–Kier alpha value is -2.10. The van der Waals surface area contributed by atoms with Gasteiger partial charge in [-0.25, -0.2) is 0 Å². The fraction of sp³-hybridized carbons (Fsp3) is 0.143. The molecule has 0 spiro atoms. The zero-order chi connectivity index (χ0) is 12.8. The summed E-state index contributed by atoms with van der Waals surface area (Å²) in [5, 5.41) is 3.20. The Morgan fingerprint density at radius 1 is 0.944 bits per heavy atom. The van der Waals surface area contributed by atoms with E-state index in [0.29, 0.717) is 6.54 Å². The molecule has 0 amide bonds. The van der Waals surface area contributed by atoms with Crippen molar-refractivity contribution in [2.24, 2.45) is 0 Å². The van der Waals surface area contributed by atoms with Gasteiger partial charge in [0.15, 0.2) is 0 Å². The standard InChI is InChI=1S/C14H13F2NO/c15-14(16)18-13-8-6-12(7-9-13)17-10-11-4-2-1-3-5-11/h1-9,14,17H,10H2. The highest BCUT2D eigenvalue weighted by Gasteiger charge is 2.03. The van der Waals surface area contributed by atoms with Gasteiger partial charge in [0.05, 0.1) is 0 Å². The van der Waals surface area contributed by atoms with Crippen LogP contribution < -0.4 is 10.1 Å². The average molecular weight is 249 g/mol. The summed E-state index contributed by atoms with van der Waals surface area (Å²) < 4.78 is 28.2. The van der Waals surface area contributed by atoms with Gasteiger partial charge in [0.25, 0.3) is 0 Å². The van der Waals surface area contributed by atoms with Crippen LogP contribution in [0.15, 0.2) is 54.6 Å². The maximum atomic E-state index is 12.0. The Morgan fingerprint density at radius 3 is 2.22 bits per heavy atom. The highest BCUT2D eigenvalue weighted by Crippen LogP contribution is 2.18. The molecule has 0 aliphatic carbocycles. The molecule has 0 radical (unpaired) electrons. The van der Waals surface area contributed by atoms with E-state index in [-0.39, 0.29) is 5.75 Å². The number of hydrogen-bond acceptors (Lipinski definition) is 2. The van der Waals surface area contributed by atoms with Gasteiger partial charge in [0, 0.05) is 12.2 Å². The van der Waals surface area contributed by atoms with Gasteiger partial charge in [0.2, 0.25) is 0 Å². The minimum atomic E-state index is -2.78. The van der Waals surface area contributed by atoms with Gasteiger partial charge >= 0.3 is 6.61 Å². The van der Waals surface area contributed by atoms with Gasteiger partial charge in [-0.3, -0.25) is 0 Å². The summed E-state index contributed by atoms with van der Waals surface area (Å²) >= 11 is 0. The van der Waals surface area contributed by atoms with Crippen molar-refractivity contribution in [3.8, 4) is 5.75 Å². The first-order chi connectivity index (χ1) is 8.74. The van der Waals surface area contributed by atoms with Crippen LogP contribution in [0.5, 0.6) is 5.75 Å². The van der Waals surface area contributed by atoms with Crippen molar-refractivity contribution in [3.05, 3.63) is 60.2 Å². The molecule has 2 rings (SSSR count). The van der Waals surface area contributed by atoms with Crippen LogP contribution in [0.4, 0.5) is 14.5 Å². The summed E-state index contributed by atoms with van der Waals surface area (Å²) in [6, 6.07) is 16.4. The molecule has 18 heavy (non-hydrogen) atoms. The van der Waals surface area contributed by atoms with Crippen LogP contribution in [0.25, 0.3) is 0 Å². The summed E-state index contributed by atoms with van der Waals surface area (Å²) in [6.45, 7) is -2.09. The van der Waals surface area contributed by atoms with Crippen molar-refractivity contribution in [2.75, 3.05) is 5.32 Å². The highest BCUT2D eigenvalue weighted by atomic mass is 19.3. The molecule has 2 aromatic rings. The topological polar surface area (TPSA) is 21.3 Å². The van der Waals surface area contributed by atoms with Crippen LogP contribution in [0.1, 0.15) is 5.56 Å². The van der Waals surface area contributed by atoms with E-state index in [9.17, 15) is 8.78 Å². The van der Waals surface area contributed by atoms with Crippen molar-refractivity contribution < 1.29 is 13.5 Å². The third-order valence-corrected chi connectivity index (χ3v) is 2.42. The summed E-state index contributed by atoms with van der Waals surface area (Å²) in [5.41, 5.74) is 2.02. The number of hydrogen-bond donors (Lipinski definition) is 1. The van der Waals surface area contributed by atoms with Crippen LogP contribution >= 0.6 is 0 Å². The molecule has 0 saturated heterocycles. The number of ether oxygens (including phenoxy) is 1. The summed E-state index contributed by atoms with van der Waals surface area (Å²) in [5.74, 6) is 0.162. The van der Waals surface area contributed by atoms with Crippen LogP contribution in [-0.4, -0.2) is 6.61 Å². The van der Waals surface area contributed by atoms with Gasteiger partial charge in [-0.2, -0.15) is 8.78 Å². The molecule has 2 nitrogen and oxygen atoms in total. The molecule has 0 aliphatic heterocycles. The van der Waals surface area contributed by atoms with Gasteiger partial charge in [-0.15, -0.1) is 0 Å². The van der Waals surface area contributed by atoms with E-state index in [1.807, 2.05) is 30.3 Å². The molecule has 0 aromatic heterocycles. The first kappa shape index (κ1) is 12.4. The lowest BCUT2D eigenvalue weighted by atomic mass is 10.2. The lowest BCUT2D eigenvalue weighted by Crippen LogP contribution is -2.02. The van der Waals surface area contributed by atoms with Crippen LogP contribution in [0, 0.1) is 0 Å². The number of rotatable bonds is 5. The molecule has 4 heteroatoms. The minimum Gasteiger partial charge on any atom is -0.435 e. The number of halogens is 2. The molecule has 0 unspecified atom stereocenters. The highest BCUT2D eigenvalue weighted by molar-refractivity contribution is 5.46. The van der Waals surface area contributed by atoms with E-state index < -0.39 is 6.61 Å². The van der Waals surface area contributed by atoms with Gasteiger partial charge in [0.1, 0.15) is 5.75 Å². The third kappa shape index (κ3) is 3.73. The first-order valence-corrected chi connectivity index (χ1v) is 5.57. The smallest absolute Gasteiger partial charge is 0.387 e. The van der Waals surface area contributed by atoms with Gasteiger partial charge < -0.3 is 10.1 Å². The van der Waals surface area contributed by atoms with E-state index >= 15 is 0 Å². The number of nitrogens with one attached hydrogen (secondary N) is 1. The Labute approximate surface area is 104 Å². The predicted molar refractivity (Wildman–Crippen MR) is 66.8 cm³/mol. The van der Waals surface area contributed by atoms with Crippen molar-refractivity contribution in [1.29, 1.82) is 0 Å². The molecule has 0 fully saturated rings. The lowest BCUT2D eigenvalue weighted by molar-refractivity contribution is -0.0498. The number of anilines is 1. The summed E-state index contributed by atoms with van der Waals surface area (Å²) in [7, 11) is 0. The number of benzene rings is 2. The fourth-order valence-corrected chi connectivity index (χ4v) is 1.55. The third-order valence-electron chi connectivity index (χ3n) is 2.42. The van der Waals surface area contributed by atoms with Crippen LogP contribution in [0.2, 0.25) is 0 Å². The van der Waals surface area contributed by atoms with Crippen molar-refractivity contribution in [3.63, 3.8) is 0 Å². The molecular formula is C14H13F2NO. The van der Waals surface area contributed by atoms with E-state index in [4.69, 9.17) is 0 Å². The summed E-state index contributed by atoms with van der Waals surface area (Å²) in [6.07, 6.45) is 0. The fourth-order valence-electron chi connectivity index (χ4n) is 1.55. The molecule has 94 valence electrons. The van der Waals surface area contributed by atoms with Crippen molar-refractivity contribution >= 4 is 5.69 Å². The normalized spacial score (nSPS) is 10.4. The van der Waals surface area contributed by atoms with Crippen LogP contribution in [-0.2, 0) is 6.54 Å². The Kier molecular flexibility index (Phi) is 4.12. The second-order valence-electron chi connectivity index (χ2n) is 3.74. The Bertz CT molecular complexity index is 471. The van der Waals surface area contributed by atoms with E-state index in [0.717, 1.165) is 11.3 Å². The monoisotopic (exact) mass is 249 g/mol. The lowest BCUT2D eigenvalue weighted by Gasteiger charge is -2.08. The SMILES string of the molecule is FC(F)Oc1ccc(NCc2ccccc2)cc1. The number of alkyl halides is 2. The zero-order valence-corrected chi connectivity index (χ0v) is 9.64. The molecule has 0 bridgehead atoms. The Morgan fingerprint density at radius 2 is 1.61 bits per heavy atom. The molecular weight excluding hydrogens is 236 g/mol. The molecule has 0 aliphatic rings. The first-order valence-electron chi connectivity index (χ1n) is 5.57. The van der Waals surface area contributed by atoms with E-state index in [1.165, 1.54) is 12.1 Å². The summed E-state index contributed by atoms with van der Waals surface area (Å²) in [4.78, 5) is 0. The minimum absolute atomic E-state index is 0.162. The predicted octanol–water partition coefficient (Wildman–Crippen LogP) is 3.90. The zero-order valence-electron chi connectivity index (χ0n) is 9.64. The largest absolute Gasteiger partial charge is 0.435 e. The second-order valence-corrected chi connectivity index (χ2v) is 3.74. The molecule has 2 aromatic carbocycles. The van der Waals surface area contributed by atoms with Crippen LogP contribution in [0.3, 0.4) is 0 Å². The quantitative estimate of drug-likeness (QED) is 0.867. The molecule has 0 atom stereocenters. The van der Waals surface area contributed by atoms with Gasteiger partial charge in [-0.05, 0) is 29.8 Å². The molecule has 0 heterocycles. The maximum Gasteiger partial charge on any atom is 0.387 e. The van der Waals surface area contributed by atoms with Gasteiger partial charge in [-0.1, -0.05) is 30.3 Å². The van der Waals surface area contributed by atoms with Crippen molar-refractivity contribution in [1.82, 2.24) is 0 Å². The van der Waals surface area contributed by atoms with E-state index in [2.05, 4.69) is 10.1 Å². The maximum absolute atomic E-state index is 12.0. The Balaban J connectivity index is 1.90. The van der Waals surface area contributed by atoms with E-state index in [1.54, 1.807) is 12.1 Å². The molecule has 1 N–H and O–H groups in total. The average Bonchev–Trinajstić information content (AvgIpc) is 2.38. The second kappa shape index (κ2) is 6.00. The molecule has 0 saturated carbocycles.